The van der Waals surface area contributed by atoms with Gasteiger partial charge in [-0.15, -0.1) is 0 Å². The zero-order valence-corrected chi connectivity index (χ0v) is 46.0. The van der Waals surface area contributed by atoms with Crippen molar-refractivity contribution < 1.29 is 72.6 Å². The van der Waals surface area contributed by atoms with E-state index in [-0.39, 0.29) is 79.0 Å². The molecule has 0 amide bonds. The van der Waals surface area contributed by atoms with Gasteiger partial charge in [0.15, 0.2) is 28.8 Å². The minimum atomic E-state index is -4.48. The summed E-state index contributed by atoms with van der Waals surface area (Å²) >= 11 is 0. The van der Waals surface area contributed by atoms with Crippen LogP contribution in [-0.4, -0.2) is 119 Å². The highest BCUT2D eigenvalue weighted by molar-refractivity contribution is 7.86. The number of aromatic carboxylic acids is 1. The van der Waals surface area contributed by atoms with Crippen molar-refractivity contribution in [1.82, 2.24) is 4.98 Å². The van der Waals surface area contributed by atoms with Gasteiger partial charge in [0.25, 0.3) is 30.4 Å². The Balaban J connectivity index is 1.79. The van der Waals surface area contributed by atoms with Gasteiger partial charge in [-0.05, 0) is 94.0 Å². The van der Waals surface area contributed by atoms with Gasteiger partial charge in [-0.3, -0.25) is 37.8 Å². The molecule has 0 aliphatic carbocycles. The number of nitrogens with zero attached hydrogens (tertiary/aromatic N) is 3. The van der Waals surface area contributed by atoms with Gasteiger partial charge in [0, 0.05) is 102 Å². The predicted molar refractivity (Wildman–Crippen MR) is 287 cm³/mol. The zero-order valence-electron chi connectivity index (χ0n) is 43.5. The van der Waals surface area contributed by atoms with Crippen LogP contribution in [0.25, 0.3) is 5.57 Å². The first-order valence-electron chi connectivity index (χ1n) is 25.0. The normalized spacial score (nSPS) is 15.9. The molecule has 0 saturated carbocycles. The van der Waals surface area contributed by atoms with Crippen molar-refractivity contribution in [3.63, 3.8) is 0 Å². The predicted octanol–water partition coefficient (Wildman–Crippen LogP) is 9.22. The second kappa shape index (κ2) is 24.4. The molecule has 0 bridgehead atoms. The van der Waals surface area contributed by atoms with Crippen molar-refractivity contribution >= 4 is 82.1 Å². The molecule has 406 valence electrons. The average Bonchev–Trinajstić information content (AvgIpc) is 3.66. The van der Waals surface area contributed by atoms with Crippen molar-refractivity contribution in [2.24, 2.45) is 0 Å². The summed E-state index contributed by atoms with van der Waals surface area (Å²) in [6.45, 7) is 13.9. The lowest BCUT2D eigenvalue weighted by Crippen LogP contribution is -2.29. The number of carboxylic acid groups (broad SMARTS) is 1. The van der Waals surface area contributed by atoms with Crippen LogP contribution in [0, 0.1) is 0 Å². The summed E-state index contributed by atoms with van der Waals surface area (Å²) in [6.07, 6.45) is 10.3. The second-order valence-corrected chi connectivity index (χ2v) is 24.7. The quantitative estimate of drug-likeness (QED) is 0.0228. The number of unbranched alkanes of at least 4 members (excludes halogenated alkanes) is 1. The van der Waals surface area contributed by atoms with Gasteiger partial charge in [-0.25, -0.2) is 4.79 Å². The first-order chi connectivity index (χ1) is 34.9. The number of ketones is 4. The van der Waals surface area contributed by atoms with Crippen molar-refractivity contribution in [1.29, 1.82) is 0 Å². The van der Waals surface area contributed by atoms with Crippen molar-refractivity contribution in [3.8, 4) is 0 Å². The van der Waals surface area contributed by atoms with Crippen molar-refractivity contribution in [3.05, 3.63) is 117 Å². The highest BCUT2D eigenvalue weighted by Gasteiger charge is 2.48. The monoisotopic (exact) mass is 1090 g/mol. The highest BCUT2D eigenvalue weighted by Crippen LogP contribution is 2.51. The molecule has 75 heavy (non-hydrogen) atoms. The molecule has 2 aliphatic heterocycles. The molecule has 4 N–H and O–H groups in total. The number of rotatable bonds is 28. The number of Topliss-reactive ketones (excluding diaryl/α,β-unsaturated/α-hetero) is 4. The largest absolute Gasteiger partial charge is 0.478 e. The van der Waals surface area contributed by atoms with Gasteiger partial charge in [-0.2, -0.15) is 29.8 Å². The Morgan fingerprint density at radius 3 is 1.72 bits per heavy atom. The van der Waals surface area contributed by atoms with E-state index in [1.165, 1.54) is 30.5 Å². The van der Waals surface area contributed by atoms with E-state index in [2.05, 4.69) is 16.5 Å². The maximum Gasteiger partial charge on any atom is 0.337 e. The Morgan fingerprint density at radius 1 is 0.640 bits per heavy atom. The van der Waals surface area contributed by atoms with E-state index in [4.69, 9.17) is 0 Å². The van der Waals surface area contributed by atoms with E-state index in [1.54, 1.807) is 43.0 Å². The molecule has 0 atom stereocenters. The summed E-state index contributed by atoms with van der Waals surface area (Å²) in [4.78, 5) is 73.7. The molecule has 3 heterocycles. The van der Waals surface area contributed by atoms with Crippen LogP contribution in [0.4, 0.5) is 11.4 Å². The summed E-state index contributed by atoms with van der Waals surface area (Å²) < 4.78 is 101. The summed E-state index contributed by atoms with van der Waals surface area (Å²) in [5, 5.41) is 9.79. The lowest BCUT2D eigenvalue weighted by Gasteiger charge is -2.27. The van der Waals surface area contributed by atoms with Crippen LogP contribution in [0.15, 0.2) is 72.6 Å². The highest BCUT2D eigenvalue weighted by atomic mass is 32.2. The summed E-state index contributed by atoms with van der Waals surface area (Å²) in [7, 11) is -13.4. The molecule has 0 fully saturated rings. The van der Waals surface area contributed by atoms with Crippen LogP contribution in [0.3, 0.4) is 0 Å². The zero-order chi connectivity index (χ0) is 55.8. The Labute approximate surface area is 440 Å². The second-order valence-electron chi connectivity index (χ2n) is 20.0. The molecular weight excluding hydrogens is 1030 g/mol. The van der Waals surface area contributed by atoms with E-state index < -0.39 is 76.0 Å². The third-order valence-electron chi connectivity index (χ3n) is 13.4. The van der Waals surface area contributed by atoms with Crippen LogP contribution in [-0.2, 0) is 41.2 Å². The number of carboxylic acids is 1. The van der Waals surface area contributed by atoms with Gasteiger partial charge in [-0.1, -0.05) is 47.1 Å². The molecule has 2 aromatic carbocycles. The Morgan fingerprint density at radius 2 is 1.17 bits per heavy atom. The molecule has 0 spiro atoms. The van der Waals surface area contributed by atoms with E-state index in [0.717, 1.165) is 29.8 Å². The molecular formula is C54H68N3O15S3+. The molecule has 18 nitrogen and oxygen atoms in total. The van der Waals surface area contributed by atoms with Crippen molar-refractivity contribution in [2.75, 3.05) is 35.2 Å². The van der Waals surface area contributed by atoms with Gasteiger partial charge in [0.1, 0.15) is 6.54 Å². The topological polar surface area (TPSA) is 288 Å². The van der Waals surface area contributed by atoms with E-state index in [0.29, 0.717) is 59.5 Å². The summed E-state index contributed by atoms with van der Waals surface area (Å²) in [5.74, 6) is -4.68. The first kappa shape index (κ1) is 60.0. The van der Waals surface area contributed by atoms with Crippen LogP contribution in [0.1, 0.15) is 188 Å². The minimum Gasteiger partial charge on any atom is -0.478 e. The number of allylic oxidation sites excluding steroid dienone is 6. The lowest BCUT2D eigenvalue weighted by atomic mass is 9.77. The third kappa shape index (κ3) is 15.0. The van der Waals surface area contributed by atoms with Crippen LogP contribution in [0.5, 0.6) is 0 Å². The average molecular weight is 1100 g/mol. The Kier molecular flexibility index (Phi) is 19.6. The number of fused-ring (bicyclic) bond motifs is 2. The Bertz CT molecular complexity index is 3220. The smallest absolute Gasteiger partial charge is 0.337 e. The maximum atomic E-state index is 14.2. The first-order valence-corrected chi connectivity index (χ1v) is 29.9. The number of hydrogen-bond donors (Lipinski definition) is 4. The number of hydrogen-bond acceptors (Lipinski definition) is 13. The van der Waals surface area contributed by atoms with E-state index in [1.807, 2.05) is 39.8 Å². The Hall–Kier alpha value is -5.84. The van der Waals surface area contributed by atoms with Crippen LogP contribution in [0.2, 0.25) is 0 Å². The maximum absolute atomic E-state index is 14.2. The van der Waals surface area contributed by atoms with E-state index in [9.17, 15) is 68.0 Å². The SMILES string of the molecule is CCCC[N+]1=C(/C=C/C(=C/C=C2/N(CCCS(=O)(=O)O)c3cc(C(=O)CCCS(=O)(=O)O)cc(C(=O)CCCS(=O)(=O)O)c3C2(C)C)c2ccc(C(=O)O)cn2)C(C)(C)c2c(C(=O)CCC)cc(C(=O)CCC)cc21. The fourth-order valence-corrected chi connectivity index (χ4v) is 11.4. The minimum absolute atomic E-state index is 0.00659. The van der Waals surface area contributed by atoms with Gasteiger partial charge < -0.3 is 10.0 Å². The fourth-order valence-electron chi connectivity index (χ4n) is 9.84. The molecule has 0 saturated heterocycles. The number of anilines is 1. The molecule has 1 aromatic heterocycles. The van der Waals surface area contributed by atoms with Crippen LogP contribution >= 0.6 is 0 Å². The molecule has 5 rings (SSSR count). The molecule has 3 aromatic rings. The van der Waals surface area contributed by atoms with Crippen molar-refractivity contribution in [2.45, 2.75) is 130 Å². The van der Waals surface area contributed by atoms with Gasteiger partial charge in [0.05, 0.1) is 39.5 Å². The number of aromatic nitrogens is 1. The number of carbonyl (C=O) groups is 5. The standard InChI is InChI=1S/C54H67N3O15S3/c1-8-11-25-56-42-32-37(44(58)15-9-2)30-39(46(60)16-10-3)50(42)53(4,5)48(56)23-20-35(41-22-19-36(34-55-41)52(62)63)21-24-49-54(6,7)51-40(47(61)18-13-28-74(67,68)69)31-38(45(59)17-12-27-73(64,65)66)33-43(51)57(49)26-14-29-75(70,71)72/h19-24,30-34H,8-18,25-29H2,1-7H3,(H3-,62,63,64,65,66,67,68,69,70,71,72)/p+1. The third-order valence-corrected chi connectivity index (χ3v) is 15.8. The summed E-state index contributed by atoms with van der Waals surface area (Å²) in [6, 6.07) is 9.31. The van der Waals surface area contributed by atoms with E-state index >= 15 is 0 Å². The number of benzene rings is 2. The number of carbonyl (C=O) groups excluding carboxylic acids is 4. The van der Waals surface area contributed by atoms with Crippen LogP contribution < -0.4 is 4.90 Å². The molecule has 0 radical (unpaired) electrons. The molecule has 2 aliphatic rings. The fraction of sp³-hybridized carbons (Fsp3) is 0.463. The van der Waals surface area contributed by atoms with Gasteiger partial charge in [0.2, 0.25) is 5.69 Å². The summed E-state index contributed by atoms with van der Waals surface area (Å²) in [5.41, 5.74) is 3.07. The van der Waals surface area contributed by atoms with Gasteiger partial charge >= 0.3 is 5.97 Å². The molecule has 21 heteroatoms. The molecule has 0 unspecified atom stereocenters. The number of pyridine rings is 1. The lowest BCUT2D eigenvalue weighted by molar-refractivity contribution is -0.438.